The maximum absolute atomic E-state index is 12.5. The van der Waals surface area contributed by atoms with Crippen LogP contribution in [0.15, 0.2) is 12.1 Å². The van der Waals surface area contributed by atoms with Gasteiger partial charge >= 0.3 is 0 Å². The highest BCUT2D eigenvalue weighted by molar-refractivity contribution is 5.95. The first-order chi connectivity index (χ1) is 9.65. The highest BCUT2D eigenvalue weighted by Crippen LogP contribution is 2.14. The van der Waals surface area contributed by atoms with E-state index in [0.29, 0.717) is 25.3 Å². The van der Waals surface area contributed by atoms with Gasteiger partial charge in [0.05, 0.1) is 6.61 Å². The first-order valence-electron chi connectivity index (χ1n) is 7.13. The van der Waals surface area contributed by atoms with E-state index < -0.39 is 0 Å². The molecule has 1 amide bonds. The van der Waals surface area contributed by atoms with Crippen molar-refractivity contribution in [3.8, 4) is 0 Å². The molecule has 20 heavy (non-hydrogen) atoms. The highest BCUT2D eigenvalue weighted by Gasteiger charge is 2.15. The molecule has 0 bridgehead atoms. The van der Waals surface area contributed by atoms with Crippen molar-refractivity contribution in [3.05, 3.63) is 23.4 Å². The minimum Gasteiger partial charge on any atom is -0.383 e. The average Bonchev–Trinajstić information content (AvgIpc) is 2.47. The summed E-state index contributed by atoms with van der Waals surface area (Å²) in [6, 6.07) is 3.69. The lowest BCUT2D eigenvalue weighted by Gasteiger charge is -2.21. The van der Waals surface area contributed by atoms with Crippen LogP contribution in [0.5, 0.6) is 0 Å². The average molecular weight is 279 g/mol. The van der Waals surface area contributed by atoms with E-state index >= 15 is 0 Å². The third-order valence-corrected chi connectivity index (χ3v) is 3.12. The first kappa shape index (κ1) is 16.4. The predicted molar refractivity (Wildman–Crippen MR) is 81.2 cm³/mol. The minimum atomic E-state index is 0.0285. The molecule has 0 saturated carbocycles. The van der Waals surface area contributed by atoms with Crippen LogP contribution in [-0.4, -0.2) is 49.6 Å². The van der Waals surface area contributed by atoms with Crippen molar-refractivity contribution in [1.29, 1.82) is 0 Å². The molecule has 1 heterocycles. The summed E-state index contributed by atoms with van der Waals surface area (Å²) in [5.74, 6) is 0.767. The summed E-state index contributed by atoms with van der Waals surface area (Å²) in [5.41, 5.74) is 1.64. The van der Waals surface area contributed by atoms with E-state index in [1.165, 1.54) is 0 Å². The van der Waals surface area contributed by atoms with Crippen LogP contribution < -0.4 is 5.32 Å². The minimum absolute atomic E-state index is 0.0285. The normalized spacial score (nSPS) is 10.4. The van der Waals surface area contributed by atoms with E-state index in [9.17, 15) is 4.79 Å². The van der Waals surface area contributed by atoms with Crippen LogP contribution in [0.3, 0.4) is 0 Å². The van der Waals surface area contributed by atoms with Gasteiger partial charge in [-0.05, 0) is 25.5 Å². The largest absolute Gasteiger partial charge is 0.383 e. The van der Waals surface area contributed by atoms with Crippen LogP contribution in [0.4, 0.5) is 5.82 Å². The fraction of sp³-hybridized carbons (Fsp3) is 0.600. The summed E-state index contributed by atoms with van der Waals surface area (Å²) in [6.07, 6.45) is 1.88. The molecular weight excluding hydrogens is 254 g/mol. The fourth-order valence-corrected chi connectivity index (χ4v) is 2.01. The van der Waals surface area contributed by atoms with Crippen LogP contribution in [-0.2, 0) is 11.2 Å². The number of methoxy groups -OCH3 is 1. The van der Waals surface area contributed by atoms with Gasteiger partial charge in [0.2, 0.25) is 0 Å². The quantitative estimate of drug-likeness (QED) is 0.792. The van der Waals surface area contributed by atoms with Gasteiger partial charge < -0.3 is 15.0 Å². The topological polar surface area (TPSA) is 54.5 Å². The molecule has 5 heteroatoms. The van der Waals surface area contributed by atoms with Crippen molar-refractivity contribution in [2.24, 2.45) is 0 Å². The zero-order valence-corrected chi connectivity index (χ0v) is 12.9. The Morgan fingerprint density at radius 3 is 2.70 bits per heavy atom. The molecule has 0 spiro atoms. The van der Waals surface area contributed by atoms with Gasteiger partial charge in [0, 0.05) is 38.5 Å². The number of ether oxygens (including phenoxy) is 1. The molecule has 1 aromatic rings. The molecule has 0 atom stereocenters. The number of anilines is 1. The molecule has 5 nitrogen and oxygen atoms in total. The second-order valence-electron chi connectivity index (χ2n) is 4.61. The van der Waals surface area contributed by atoms with Gasteiger partial charge in [0.15, 0.2) is 0 Å². The van der Waals surface area contributed by atoms with Gasteiger partial charge in [0.1, 0.15) is 5.82 Å². The zero-order valence-electron chi connectivity index (χ0n) is 12.9. The zero-order chi connectivity index (χ0) is 15.0. The molecule has 0 aliphatic heterocycles. The second kappa shape index (κ2) is 8.53. The number of carbonyl (C=O) groups is 1. The number of carbonyl (C=O) groups excluding carboxylic acids is 1. The van der Waals surface area contributed by atoms with E-state index in [2.05, 4.69) is 17.2 Å². The number of hydrogen-bond donors (Lipinski definition) is 1. The van der Waals surface area contributed by atoms with E-state index in [1.54, 1.807) is 18.1 Å². The number of amides is 1. The Kier molecular flexibility index (Phi) is 7.01. The molecule has 0 aliphatic rings. The monoisotopic (exact) mass is 279 g/mol. The molecule has 1 rings (SSSR count). The SMILES string of the molecule is CCCc1cc(C(=O)N(CC)CCOC)cc(NC)n1. The lowest BCUT2D eigenvalue weighted by molar-refractivity contribution is 0.0706. The maximum atomic E-state index is 12.5. The van der Waals surface area contributed by atoms with E-state index in [1.807, 2.05) is 20.0 Å². The first-order valence-corrected chi connectivity index (χ1v) is 7.13. The van der Waals surface area contributed by atoms with E-state index in [0.717, 1.165) is 24.4 Å². The molecule has 0 fully saturated rings. The van der Waals surface area contributed by atoms with Crippen LogP contribution in [0.2, 0.25) is 0 Å². The molecule has 0 radical (unpaired) electrons. The van der Waals surface area contributed by atoms with Gasteiger partial charge in [-0.1, -0.05) is 13.3 Å². The number of rotatable bonds is 8. The number of hydrogen-bond acceptors (Lipinski definition) is 4. The molecule has 0 aliphatic carbocycles. The molecule has 1 N–H and O–H groups in total. The van der Waals surface area contributed by atoms with Gasteiger partial charge in [0.25, 0.3) is 5.91 Å². The lowest BCUT2D eigenvalue weighted by Crippen LogP contribution is -2.33. The Labute approximate surface area is 121 Å². The van der Waals surface area contributed by atoms with Crippen molar-refractivity contribution in [2.75, 3.05) is 39.2 Å². The Balaban J connectivity index is 2.97. The molecule has 0 unspecified atom stereocenters. The fourth-order valence-electron chi connectivity index (χ4n) is 2.01. The summed E-state index contributed by atoms with van der Waals surface area (Å²) in [5, 5.41) is 3.01. The van der Waals surface area contributed by atoms with Crippen molar-refractivity contribution in [2.45, 2.75) is 26.7 Å². The standard InChI is InChI=1S/C15H25N3O2/c1-5-7-13-10-12(11-14(16-3)17-13)15(19)18(6-2)8-9-20-4/h10-11H,5-9H2,1-4H3,(H,16,17). The third-order valence-electron chi connectivity index (χ3n) is 3.12. The summed E-state index contributed by atoms with van der Waals surface area (Å²) < 4.78 is 5.05. The van der Waals surface area contributed by atoms with Crippen LogP contribution >= 0.6 is 0 Å². The van der Waals surface area contributed by atoms with Crippen LogP contribution in [0.1, 0.15) is 36.3 Å². The second-order valence-corrected chi connectivity index (χ2v) is 4.61. The Hall–Kier alpha value is -1.62. The van der Waals surface area contributed by atoms with Crippen molar-refractivity contribution in [3.63, 3.8) is 0 Å². The number of nitrogens with one attached hydrogen (secondary N) is 1. The summed E-state index contributed by atoms with van der Waals surface area (Å²) >= 11 is 0. The summed E-state index contributed by atoms with van der Waals surface area (Å²) in [7, 11) is 3.46. The molecule has 112 valence electrons. The lowest BCUT2D eigenvalue weighted by atomic mass is 10.1. The smallest absolute Gasteiger partial charge is 0.254 e. The van der Waals surface area contributed by atoms with Gasteiger partial charge in [-0.25, -0.2) is 4.98 Å². The molecule has 0 saturated heterocycles. The van der Waals surface area contributed by atoms with Crippen molar-refractivity contribution < 1.29 is 9.53 Å². The predicted octanol–water partition coefficient (Wildman–Crippen LogP) is 2.18. The number of aryl methyl sites for hydroxylation is 1. The Morgan fingerprint density at radius 2 is 2.15 bits per heavy atom. The molecule has 1 aromatic heterocycles. The van der Waals surface area contributed by atoms with E-state index in [4.69, 9.17) is 4.74 Å². The summed E-state index contributed by atoms with van der Waals surface area (Å²) in [4.78, 5) is 18.8. The molecular formula is C15H25N3O2. The third kappa shape index (κ3) is 4.49. The Morgan fingerprint density at radius 1 is 1.40 bits per heavy atom. The van der Waals surface area contributed by atoms with Crippen LogP contribution in [0.25, 0.3) is 0 Å². The highest BCUT2D eigenvalue weighted by atomic mass is 16.5. The summed E-state index contributed by atoms with van der Waals surface area (Å²) in [6.45, 7) is 5.90. The van der Waals surface area contributed by atoms with Gasteiger partial charge in [-0.15, -0.1) is 0 Å². The van der Waals surface area contributed by atoms with Gasteiger partial charge in [-0.3, -0.25) is 4.79 Å². The number of likely N-dealkylation sites (N-methyl/N-ethyl adjacent to an activating group) is 1. The van der Waals surface area contributed by atoms with Gasteiger partial charge in [-0.2, -0.15) is 0 Å². The molecule has 0 aromatic carbocycles. The maximum Gasteiger partial charge on any atom is 0.254 e. The number of nitrogens with zero attached hydrogens (tertiary/aromatic N) is 2. The van der Waals surface area contributed by atoms with Crippen molar-refractivity contribution >= 4 is 11.7 Å². The van der Waals surface area contributed by atoms with E-state index in [-0.39, 0.29) is 5.91 Å². The van der Waals surface area contributed by atoms with Crippen LogP contribution in [0, 0.1) is 0 Å². The van der Waals surface area contributed by atoms with Crippen molar-refractivity contribution in [1.82, 2.24) is 9.88 Å². The Bertz CT molecular complexity index is 435. The number of aromatic nitrogens is 1. The number of pyridine rings is 1.